The fourth-order valence-electron chi connectivity index (χ4n) is 2.30. The van der Waals surface area contributed by atoms with Crippen molar-refractivity contribution in [3.8, 4) is 5.75 Å². The van der Waals surface area contributed by atoms with Crippen molar-refractivity contribution in [3.05, 3.63) is 24.3 Å². The van der Waals surface area contributed by atoms with Crippen LogP contribution in [0, 0.1) is 5.92 Å². The Morgan fingerprint density at radius 3 is 2.82 bits per heavy atom. The first-order valence-electron chi connectivity index (χ1n) is 6.13. The van der Waals surface area contributed by atoms with Crippen LogP contribution in [-0.2, 0) is 4.74 Å². The molecule has 1 aliphatic heterocycles. The zero-order chi connectivity index (χ0) is 12.1. The number of nitrogens with one attached hydrogen (secondary N) is 1. The molecular formula is C13H20N2O2. The minimum atomic E-state index is 0.251. The predicted molar refractivity (Wildman–Crippen MR) is 68.1 cm³/mol. The van der Waals surface area contributed by atoms with Crippen LogP contribution in [0.4, 0.5) is 5.69 Å². The summed E-state index contributed by atoms with van der Waals surface area (Å²) in [4.78, 5) is 0. The molecule has 0 bridgehead atoms. The fraction of sp³-hybridized carbons (Fsp3) is 0.538. The molecule has 0 aromatic heterocycles. The molecule has 1 aliphatic rings. The van der Waals surface area contributed by atoms with Gasteiger partial charge in [-0.15, -0.1) is 0 Å². The molecule has 1 aromatic rings. The molecule has 0 radical (unpaired) electrons. The highest BCUT2D eigenvalue weighted by atomic mass is 16.5. The second-order valence-corrected chi connectivity index (χ2v) is 4.49. The molecule has 4 nitrogen and oxygen atoms in total. The van der Waals surface area contributed by atoms with E-state index in [9.17, 15) is 5.11 Å². The van der Waals surface area contributed by atoms with Gasteiger partial charge in [-0.25, -0.2) is 0 Å². The number of hydrogen-bond donors (Lipinski definition) is 3. The summed E-state index contributed by atoms with van der Waals surface area (Å²) >= 11 is 0. The Labute approximate surface area is 102 Å². The zero-order valence-corrected chi connectivity index (χ0v) is 9.93. The van der Waals surface area contributed by atoms with Crippen molar-refractivity contribution < 1.29 is 9.84 Å². The highest BCUT2D eigenvalue weighted by Crippen LogP contribution is 2.23. The summed E-state index contributed by atoms with van der Waals surface area (Å²) in [6, 6.07) is 7.41. The van der Waals surface area contributed by atoms with Crippen LogP contribution in [0.25, 0.3) is 0 Å². The number of phenolic OH excluding ortho intramolecular Hbond substituents is 1. The maximum absolute atomic E-state index is 9.42. The lowest BCUT2D eigenvalue weighted by Gasteiger charge is -2.30. The second kappa shape index (κ2) is 5.89. The molecule has 17 heavy (non-hydrogen) atoms. The summed E-state index contributed by atoms with van der Waals surface area (Å²) in [5.74, 6) is 0.828. The minimum absolute atomic E-state index is 0.251. The summed E-state index contributed by atoms with van der Waals surface area (Å²) in [6.07, 6.45) is 2.10. The molecule has 94 valence electrons. The Hall–Kier alpha value is -1.26. The van der Waals surface area contributed by atoms with E-state index in [-0.39, 0.29) is 11.8 Å². The minimum Gasteiger partial charge on any atom is -0.508 e. The number of anilines is 1. The molecule has 0 amide bonds. The first-order valence-corrected chi connectivity index (χ1v) is 6.13. The highest BCUT2D eigenvalue weighted by Gasteiger charge is 2.22. The van der Waals surface area contributed by atoms with E-state index < -0.39 is 0 Å². The Kier molecular flexibility index (Phi) is 4.23. The largest absolute Gasteiger partial charge is 0.508 e. The van der Waals surface area contributed by atoms with E-state index in [2.05, 4.69) is 5.32 Å². The van der Waals surface area contributed by atoms with Crippen molar-refractivity contribution in [2.75, 3.05) is 25.1 Å². The lowest BCUT2D eigenvalue weighted by Crippen LogP contribution is -2.39. The van der Waals surface area contributed by atoms with Crippen LogP contribution < -0.4 is 11.1 Å². The molecule has 2 rings (SSSR count). The zero-order valence-electron chi connectivity index (χ0n) is 9.93. The van der Waals surface area contributed by atoms with Crippen molar-refractivity contribution in [3.63, 3.8) is 0 Å². The van der Waals surface area contributed by atoms with Crippen LogP contribution in [-0.4, -0.2) is 30.9 Å². The summed E-state index contributed by atoms with van der Waals surface area (Å²) in [6.45, 7) is 2.24. The van der Waals surface area contributed by atoms with Gasteiger partial charge in [0.25, 0.3) is 0 Å². The maximum atomic E-state index is 9.42. The number of aromatic hydroxyl groups is 1. The van der Waals surface area contributed by atoms with E-state index in [1.807, 2.05) is 12.1 Å². The van der Waals surface area contributed by atoms with Gasteiger partial charge in [-0.1, -0.05) is 6.07 Å². The van der Waals surface area contributed by atoms with Gasteiger partial charge in [0.2, 0.25) is 0 Å². The Bertz CT molecular complexity index is 351. The van der Waals surface area contributed by atoms with Gasteiger partial charge >= 0.3 is 0 Å². The molecule has 1 aromatic carbocycles. The van der Waals surface area contributed by atoms with E-state index in [4.69, 9.17) is 10.5 Å². The number of nitrogens with two attached hydrogens (primary N) is 1. The van der Waals surface area contributed by atoms with Crippen LogP contribution in [0.15, 0.2) is 24.3 Å². The van der Waals surface area contributed by atoms with Gasteiger partial charge in [-0.3, -0.25) is 0 Å². The van der Waals surface area contributed by atoms with Crippen LogP contribution >= 0.6 is 0 Å². The Balaban J connectivity index is 1.98. The maximum Gasteiger partial charge on any atom is 0.117 e. The SMILES string of the molecule is NCC(Nc1cccc(O)c1)C1CCOCC1. The normalized spacial score (nSPS) is 18.9. The van der Waals surface area contributed by atoms with Crippen LogP contribution in [0.2, 0.25) is 0 Å². The molecule has 0 aliphatic carbocycles. The van der Waals surface area contributed by atoms with Gasteiger partial charge < -0.3 is 20.9 Å². The van der Waals surface area contributed by atoms with Crippen molar-refractivity contribution >= 4 is 5.69 Å². The topological polar surface area (TPSA) is 67.5 Å². The summed E-state index contributed by atoms with van der Waals surface area (Å²) in [7, 11) is 0. The number of benzene rings is 1. The third-order valence-electron chi connectivity index (χ3n) is 3.29. The lowest BCUT2D eigenvalue weighted by atomic mass is 9.91. The lowest BCUT2D eigenvalue weighted by molar-refractivity contribution is 0.0613. The van der Waals surface area contributed by atoms with Crippen LogP contribution in [0.3, 0.4) is 0 Å². The molecule has 1 fully saturated rings. The number of ether oxygens (including phenoxy) is 1. The average Bonchev–Trinajstić information content (AvgIpc) is 2.37. The van der Waals surface area contributed by atoms with Crippen LogP contribution in [0.1, 0.15) is 12.8 Å². The van der Waals surface area contributed by atoms with Gasteiger partial charge in [-0.05, 0) is 30.9 Å². The molecule has 0 saturated carbocycles. The third-order valence-corrected chi connectivity index (χ3v) is 3.29. The van der Waals surface area contributed by atoms with Gasteiger partial charge in [0, 0.05) is 37.6 Å². The summed E-state index contributed by atoms with van der Waals surface area (Å²) < 4.78 is 5.36. The Morgan fingerprint density at radius 1 is 1.41 bits per heavy atom. The molecule has 1 unspecified atom stereocenters. The van der Waals surface area contributed by atoms with Crippen molar-refractivity contribution in [2.45, 2.75) is 18.9 Å². The number of hydrogen-bond acceptors (Lipinski definition) is 4. The third kappa shape index (κ3) is 3.35. The second-order valence-electron chi connectivity index (χ2n) is 4.49. The quantitative estimate of drug-likeness (QED) is 0.742. The van der Waals surface area contributed by atoms with E-state index in [0.717, 1.165) is 31.7 Å². The first-order chi connectivity index (χ1) is 8.29. The average molecular weight is 236 g/mol. The van der Waals surface area contributed by atoms with E-state index >= 15 is 0 Å². The standard InChI is InChI=1S/C13H20N2O2/c14-9-13(10-4-6-17-7-5-10)15-11-2-1-3-12(16)8-11/h1-3,8,10,13,15-16H,4-7,9,14H2. The van der Waals surface area contributed by atoms with E-state index in [1.54, 1.807) is 12.1 Å². The molecule has 4 heteroatoms. The number of phenols is 1. The van der Waals surface area contributed by atoms with Crippen molar-refractivity contribution in [1.29, 1.82) is 0 Å². The molecule has 1 saturated heterocycles. The molecule has 4 N–H and O–H groups in total. The van der Waals surface area contributed by atoms with Gasteiger partial charge in [0.1, 0.15) is 5.75 Å². The summed E-state index contributed by atoms with van der Waals surface area (Å²) in [5.41, 5.74) is 6.75. The van der Waals surface area contributed by atoms with Crippen molar-refractivity contribution in [1.82, 2.24) is 0 Å². The monoisotopic (exact) mass is 236 g/mol. The first kappa shape index (κ1) is 12.2. The highest BCUT2D eigenvalue weighted by molar-refractivity contribution is 5.48. The van der Waals surface area contributed by atoms with Crippen molar-refractivity contribution in [2.24, 2.45) is 11.7 Å². The van der Waals surface area contributed by atoms with Gasteiger partial charge in [-0.2, -0.15) is 0 Å². The van der Waals surface area contributed by atoms with Gasteiger partial charge in [0.05, 0.1) is 0 Å². The predicted octanol–water partition coefficient (Wildman–Crippen LogP) is 1.56. The van der Waals surface area contributed by atoms with E-state index in [1.165, 1.54) is 0 Å². The molecule has 1 heterocycles. The van der Waals surface area contributed by atoms with Crippen LogP contribution in [0.5, 0.6) is 5.75 Å². The van der Waals surface area contributed by atoms with Gasteiger partial charge in [0.15, 0.2) is 0 Å². The fourth-order valence-corrected chi connectivity index (χ4v) is 2.30. The Morgan fingerprint density at radius 2 is 2.18 bits per heavy atom. The molecule has 1 atom stereocenters. The number of rotatable bonds is 4. The molecule has 0 spiro atoms. The smallest absolute Gasteiger partial charge is 0.117 e. The molecular weight excluding hydrogens is 216 g/mol. The van der Waals surface area contributed by atoms with E-state index in [0.29, 0.717) is 12.5 Å². The summed E-state index contributed by atoms with van der Waals surface area (Å²) in [5, 5.41) is 12.8.